The van der Waals surface area contributed by atoms with E-state index in [1.54, 1.807) is 6.07 Å². The molecule has 0 radical (unpaired) electrons. The third-order valence-electron chi connectivity index (χ3n) is 5.40. The quantitative estimate of drug-likeness (QED) is 0.307. The number of fused-ring (bicyclic) bond motifs is 1. The SMILES string of the molecule is C/C=C/CCc1ccc(-c2ccc(-c3ccc4cc(C)ccc4c3)c(F)c2)cc1. The van der Waals surface area contributed by atoms with Gasteiger partial charge in [-0.1, -0.05) is 84.4 Å². The van der Waals surface area contributed by atoms with Gasteiger partial charge < -0.3 is 0 Å². The lowest BCUT2D eigenvalue weighted by Crippen LogP contribution is -1.88. The van der Waals surface area contributed by atoms with E-state index in [1.807, 2.05) is 25.1 Å². The second kappa shape index (κ2) is 8.45. The maximum Gasteiger partial charge on any atom is 0.131 e. The van der Waals surface area contributed by atoms with Crippen molar-refractivity contribution in [1.82, 2.24) is 0 Å². The second-order valence-corrected chi connectivity index (χ2v) is 7.56. The molecule has 0 nitrogen and oxygen atoms in total. The highest BCUT2D eigenvalue weighted by Crippen LogP contribution is 2.30. The number of aryl methyl sites for hydroxylation is 2. The first kappa shape index (κ1) is 19.1. The standard InChI is InChI=1S/C28H25F/c1-3-4-5-6-21-8-11-22(12-9-21)25-15-16-27(28(29)19-25)26-14-13-23-17-20(2)7-10-24(23)18-26/h3-4,7-19H,5-6H2,1-2H3/b4-3+. The lowest BCUT2D eigenvalue weighted by Gasteiger charge is -2.09. The minimum absolute atomic E-state index is 0.189. The second-order valence-electron chi connectivity index (χ2n) is 7.56. The first-order valence-electron chi connectivity index (χ1n) is 10.1. The fraction of sp³-hybridized carbons (Fsp3) is 0.143. The van der Waals surface area contributed by atoms with E-state index in [1.165, 1.54) is 16.5 Å². The molecule has 0 aliphatic rings. The van der Waals surface area contributed by atoms with Gasteiger partial charge in [-0.05, 0) is 71.8 Å². The van der Waals surface area contributed by atoms with E-state index in [9.17, 15) is 4.39 Å². The number of halogens is 1. The molecule has 0 spiro atoms. The molecule has 0 heterocycles. The molecule has 0 bridgehead atoms. The summed E-state index contributed by atoms with van der Waals surface area (Å²) in [5.41, 5.74) is 6.02. The van der Waals surface area contributed by atoms with E-state index in [-0.39, 0.29) is 5.82 Å². The van der Waals surface area contributed by atoms with Gasteiger partial charge in [0, 0.05) is 5.56 Å². The van der Waals surface area contributed by atoms with Gasteiger partial charge in [-0.2, -0.15) is 0 Å². The van der Waals surface area contributed by atoms with E-state index < -0.39 is 0 Å². The summed E-state index contributed by atoms with van der Waals surface area (Å²) in [6.07, 6.45) is 6.33. The Kier molecular flexibility index (Phi) is 5.57. The van der Waals surface area contributed by atoms with Gasteiger partial charge in [-0.15, -0.1) is 0 Å². The molecule has 0 aliphatic heterocycles. The number of rotatable bonds is 5. The van der Waals surface area contributed by atoms with Crippen LogP contribution in [0.4, 0.5) is 4.39 Å². The van der Waals surface area contributed by atoms with Gasteiger partial charge in [0.15, 0.2) is 0 Å². The van der Waals surface area contributed by atoms with Crippen molar-refractivity contribution in [2.24, 2.45) is 0 Å². The van der Waals surface area contributed by atoms with Crippen LogP contribution >= 0.6 is 0 Å². The zero-order valence-corrected chi connectivity index (χ0v) is 17.0. The molecule has 4 aromatic rings. The molecule has 0 unspecified atom stereocenters. The van der Waals surface area contributed by atoms with Crippen LogP contribution in [0.3, 0.4) is 0 Å². The Morgan fingerprint density at radius 2 is 1.41 bits per heavy atom. The zero-order valence-electron chi connectivity index (χ0n) is 17.0. The van der Waals surface area contributed by atoms with Crippen LogP contribution < -0.4 is 0 Å². The molecule has 4 rings (SSSR count). The van der Waals surface area contributed by atoms with Crippen LogP contribution in [0.1, 0.15) is 24.5 Å². The van der Waals surface area contributed by atoms with E-state index in [0.29, 0.717) is 5.56 Å². The summed E-state index contributed by atoms with van der Waals surface area (Å²) >= 11 is 0. The third-order valence-corrected chi connectivity index (χ3v) is 5.40. The number of benzene rings is 4. The average Bonchev–Trinajstić information content (AvgIpc) is 2.74. The Morgan fingerprint density at radius 1 is 0.724 bits per heavy atom. The van der Waals surface area contributed by atoms with E-state index in [0.717, 1.165) is 34.9 Å². The summed E-state index contributed by atoms with van der Waals surface area (Å²) in [4.78, 5) is 0. The predicted molar refractivity (Wildman–Crippen MR) is 123 cm³/mol. The third kappa shape index (κ3) is 4.30. The number of allylic oxidation sites excluding steroid dienone is 2. The van der Waals surface area contributed by atoms with Crippen LogP contribution in [0, 0.1) is 12.7 Å². The Balaban J connectivity index is 1.60. The average molecular weight is 381 g/mol. The van der Waals surface area contributed by atoms with Gasteiger partial charge in [0.05, 0.1) is 0 Å². The minimum atomic E-state index is -0.189. The van der Waals surface area contributed by atoms with E-state index >= 15 is 0 Å². The smallest absolute Gasteiger partial charge is 0.131 e. The number of hydrogen-bond acceptors (Lipinski definition) is 0. The molecular weight excluding hydrogens is 355 g/mol. The summed E-state index contributed by atoms with van der Waals surface area (Å²) in [6.45, 7) is 4.13. The van der Waals surface area contributed by atoms with Gasteiger partial charge in [-0.3, -0.25) is 0 Å². The van der Waals surface area contributed by atoms with Crippen LogP contribution in [-0.2, 0) is 6.42 Å². The molecule has 0 saturated carbocycles. The molecule has 0 N–H and O–H groups in total. The van der Waals surface area contributed by atoms with Crippen molar-refractivity contribution in [1.29, 1.82) is 0 Å². The van der Waals surface area contributed by atoms with Gasteiger partial charge in [0.2, 0.25) is 0 Å². The van der Waals surface area contributed by atoms with Crippen molar-refractivity contribution in [3.63, 3.8) is 0 Å². The molecule has 0 aromatic heterocycles. The van der Waals surface area contributed by atoms with Gasteiger partial charge in [0.1, 0.15) is 5.82 Å². The van der Waals surface area contributed by atoms with Crippen LogP contribution in [0.2, 0.25) is 0 Å². The highest BCUT2D eigenvalue weighted by molar-refractivity contribution is 5.88. The first-order valence-corrected chi connectivity index (χ1v) is 10.1. The topological polar surface area (TPSA) is 0 Å². The maximum absolute atomic E-state index is 15.0. The van der Waals surface area contributed by atoms with Gasteiger partial charge in [-0.25, -0.2) is 4.39 Å². The fourth-order valence-electron chi connectivity index (χ4n) is 3.74. The summed E-state index contributed by atoms with van der Waals surface area (Å²) in [7, 11) is 0. The maximum atomic E-state index is 15.0. The highest BCUT2D eigenvalue weighted by Gasteiger charge is 2.08. The molecule has 1 heteroatoms. The van der Waals surface area contributed by atoms with Crippen molar-refractivity contribution in [2.75, 3.05) is 0 Å². The van der Waals surface area contributed by atoms with Crippen molar-refractivity contribution in [3.8, 4) is 22.3 Å². The minimum Gasteiger partial charge on any atom is -0.206 e. The van der Waals surface area contributed by atoms with Gasteiger partial charge in [0.25, 0.3) is 0 Å². The molecule has 0 amide bonds. The molecular formula is C28H25F. The molecule has 0 saturated heterocycles. The summed E-state index contributed by atoms with van der Waals surface area (Å²) in [6, 6.07) is 26.4. The van der Waals surface area contributed by atoms with Gasteiger partial charge >= 0.3 is 0 Å². The Morgan fingerprint density at radius 3 is 2.17 bits per heavy atom. The zero-order chi connectivity index (χ0) is 20.2. The first-order chi connectivity index (χ1) is 14.1. The summed E-state index contributed by atoms with van der Waals surface area (Å²) in [5.74, 6) is -0.189. The molecule has 0 aliphatic carbocycles. The normalized spacial score (nSPS) is 11.4. The van der Waals surface area contributed by atoms with Crippen molar-refractivity contribution >= 4 is 10.8 Å². The molecule has 29 heavy (non-hydrogen) atoms. The van der Waals surface area contributed by atoms with Crippen LogP contribution in [0.5, 0.6) is 0 Å². The highest BCUT2D eigenvalue weighted by atomic mass is 19.1. The monoisotopic (exact) mass is 380 g/mol. The van der Waals surface area contributed by atoms with Crippen LogP contribution in [0.25, 0.3) is 33.0 Å². The van der Waals surface area contributed by atoms with E-state index in [2.05, 4.69) is 73.7 Å². The number of hydrogen-bond donors (Lipinski definition) is 0. The van der Waals surface area contributed by atoms with Crippen molar-refractivity contribution in [2.45, 2.75) is 26.7 Å². The summed E-state index contributed by atoms with van der Waals surface area (Å²) in [5, 5.41) is 2.31. The molecule has 0 atom stereocenters. The lowest BCUT2D eigenvalue weighted by atomic mass is 9.96. The molecule has 4 aromatic carbocycles. The Hall–Kier alpha value is -3.19. The van der Waals surface area contributed by atoms with Crippen LogP contribution in [0.15, 0.2) is 91.0 Å². The summed E-state index contributed by atoms with van der Waals surface area (Å²) < 4.78 is 15.0. The Bertz CT molecular complexity index is 1170. The van der Waals surface area contributed by atoms with Crippen molar-refractivity contribution in [3.05, 3.63) is 108 Å². The largest absolute Gasteiger partial charge is 0.206 e. The Labute approximate surface area is 172 Å². The van der Waals surface area contributed by atoms with Crippen LogP contribution in [-0.4, -0.2) is 0 Å². The van der Waals surface area contributed by atoms with Crippen molar-refractivity contribution < 1.29 is 4.39 Å². The molecule has 0 fully saturated rings. The molecule has 144 valence electrons. The lowest BCUT2D eigenvalue weighted by molar-refractivity contribution is 0.632. The predicted octanol–water partition coefficient (Wildman–Crippen LogP) is 8.13. The fourth-order valence-corrected chi connectivity index (χ4v) is 3.74. The van der Waals surface area contributed by atoms with E-state index in [4.69, 9.17) is 0 Å².